The van der Waals surface area contributed by atoms with E-state index >= 15 is 0 Å². The monoisotopic (exact) mass is 316 g/mol. The van der Waals surface area contributed by atoms with E-state index in [1.807, 2.05) is 12.1 Å². The van der Waals surface area contributed by atoms with Crippen molar-refractivity contribution in [2.24, 2.45) is 0 Å². The molecule has 0 bridgehead atoms. The molecule has 0 aliphatic heterocycles. The maximum Gasteiger partial charge on any atom is 0.243 e. The molecule has 3 nitrogen and oxygen atoms in total. The predicted octanol–water partition coefficient (Wildman–Crippen LogP) is 4.64. The summed E-state index contributed by atoms with van der Waals surface area (Å²) in [6, 6.07) is 3.78. The molecule has 2 aromatic rings. The number of carbonyl (C=O) groups is 1. The summed E-state index contributed by atoms with van der Waals surface area (Å²) in [4.78, 5) is 16.0. The van der Waals surface area contributed by atoms with Crippen LogP contribution in [0.4, 0.5) is 5.13 Å². The van der Waals surface area contributed by atoms with E-state index < -0.39 is 5.38 Å². The van der Waals surface area contributed by atoms with Gasteiger partial charge >= 0.3 is 0 Å². The first kappa shape index (κ1) is 14.6. The van der Waals surface area contributed by atoms with Crippen molar-refractivity contribution in [3.05, 3.63) is 22.7 Å². The number of benzene rings is 1. The maximum atomic E-state index is 11.6. The molecule has 1 amide bonds. The molecule has 0 aliphatic rings. The van der Waals surface area contributed by atoms with E-state index in [1.54, 1.807) is 6.92 Å². The summed E-state index contributed by atoms with van der Waals surface area (Å²) in [5, 5.41) is 3.36. The molecule has 1 N–H and O–H groups in total. The Morgan fingerprint density at radius 3 is 2.63 bits per heavy atom. The first-order chi connectivity index (χ1) is 8.88. The molecule has 1 aromatic heterocycles. The molecule has 0 saturated carbocycles. The average molecular weight is 317 g/mol. The van der Waals surface area contributed by atoms with Gasteiger partial charge in [-0.1, -0.05) is 36.8 Å². The van der Waals surface area contributed by atoms with Gasteiger partial charge in [0.1, 0.15) is 5.38 Å². The summed E-state index contributed by atoms with van der Waals surface area (Å²) in [5.41, 5.74) is 1.97. The van der Waals surface area contributed by atoms with Crippen LogP contribution in [0.25, 0.3) is 10.2 Å². The second-order valence-corrected chi connectivity index (χ2v) is 6.74. The molecule has 2 rings (SSSR count). The number of halogens is 2. The van der Waals surface area contributed by atoms with Crippen molar-refractivity contribution in [1.82, 2.24) is 4.98 Å². The highest BCUT2D eigenvalue weighted by Crippen LogP contribution is 2.34. The normalized spacial score (nSPS) is 12.9. The van der Waals surface area contributed by atoms with Gasteiger partial charge in [-0.05, 0) is 30.5 Å². The number of thiazole rings is 1. The zero-order valence-corrected chi connectivity index (χ0v) is 13.2. The number of hydrogen-bond donors (Lipinski definition) is 1. The van der Waals surface area contributed by atoms with E-state index in [0.29, 0.717) is 16.1 Å². The third-order valence-electron chi connectivity index (χ3n) is 2.70. The first-order valence-corrected chi connectivity index (χ1v) is 7.56. The number of anilines is 1. The van der Waals surface area contributed by atoms with Gasteiger partial charge in [-0.15, -0.1) is 11.6 Å². The quantitative estimate of drug-likeness (QED) is 0.838. The molecule has 0 aliphatic carbocycles. The number of carbonyl (C=O) groups excluding carboxylic acids is 1. The number of rotatable bonds is 3. The van der Waals surface area contributed by atoms with Gasteiger partial charge in [0.2, 0.25) is 5.91 Å². The maximum absolute atomic E-state index is 11.6. The summed E-state index contributed by atoms with van der Waals surface area (Å²) in [5.74, 6) is 0.0664. The molecule has 102 valence electrons. The molecule has 0 fully saturated rings. The van der Waals surface area contributed by atoms with Gasteiger partial charge in [0.05, 0.1) is 10.2 Å². The highest BCUT2D eigenvalue weighted by atomic mass is 35.5. The average Bonchev–Trinajstić information content (AvgIpc) is 2.69. The van der Waals surface area contributed by atoms with Gasteiger partial charge in [0.25, 0.3) is 0 Å². The van der Waals surface area contributed by atoms with Gasteiger partial charge in [-0.25, -0.2) is 4.98 Å². The lowest BCUT2D eigenvalue weighted by Gasteiger charge is -2.06. The molecule has 19 heavy (non-hydrogen) atoms. The minimum absolute atomic E-state index is 0.252. The van der Waals surface area contributed by atoms with Crippen LogP contribution in [0.3, 0.4) is 0 Å². The largest absolute Gasteiger partial charge is 0.301 e. The van der Waals surface area contributed by atoms with Crippen LogP contribution in [0.1, 0.15) is 32.3 Å². The SMILES string of the molecule is CC(C)c1cc(Cl)cc2sc(NC(=O)[C@@H](C)Cl)nc12. The van der Waals surface area contributed by atoms with E-state index in [2.05, 4.69) is 24.1 Å². The fourth-order valence-electron chi connectivity index (χ4n) is 1.72. The fourth-order valence-corrected chi connectivity index (χ4v) is 3.01. The summed E-state index contributed by atoms with van der Waals surface area (Å²) in [6.07, 6.45) is 0. The summed E-state index contributed by atoms with van der Waals surface area (Å²) in [7, 11) is 0. The Labute approximate surface area is 125 Å². The summed E-state index contributed by atoms with van der Waals surface area (Å²) in [6.45, 7) is 5.80. The van der Waals surface area contributed by atoms with Crippen LogP contribution in [0, 0.1) is 0 Å². The first-order valence-electron chi connectivity index (χ1n) is 5.93. The number of hydrogen-bond acceptors (Lipinski definition) is 3. The van der Waals surface area contributed by atoms with Crippen molar-refractivity contribution < 1.29 is 4.79 Å². The van der Waals surface area contributed by atoms with Crippen molar-refractivity contribution in [3.8, 4) is 0 Å². The molecule has 1 heterocycles. The van der Waals surface area contributed by atoms with E-state index in [-0.39, 0.29) is 5.91 Å². The van der Waals surface area contributed by atoms with Crippen LogP contribution in [0.2, 0.25) is 5.02 Å². The molecule has 0 unspecified atom stereocenters. The lowest BCUT2D eigenvalue weighted by molar-refractivity contribution is -0.115. The van der Waals surface area contributed by atoms with Crippen LogP contribution in [-0.4, -0.2) is 16.3 Å². The fraction of sp³-hybridized carbons (Fsp3) is 0.385. The van der Waals surface area contributed by atoms with E-state index in [1.165, 1.54) is 11.3 Å². The minimum Gasteiger partial charge on any atom is -0.301 e. The third kappa shape index (κ3) is 3.19. The molecule has 1 aromatic carbocycles. The Kier molecular flexibility index (Phi) is 4.33. The molecular weight excluding hydrogens is 303 g/mol. The highest BCUT2D eigenvalue weighted by molar-refractivity contribution is 7.22. The summed E-state index contributed by atoms with van der Waals surface area (Å²) >= 11 is 13.2. The van der Waals surface area contributed by atoms with E-state index in [4.69, 9.17) is 23.2 Å². The Bertz CT molecular complexity index is 622. The van der Waals surface area contributed by atoms with Gasteiger partial charge < -0.3 is 5.32 Å². The van der Waals surface area contributed by atoms with E-state index in [0.717, 1.165) is 15.8 Å². The Hall–Kier alpha value is -0.840. The van der Waals surface area contributed by atoms with Crippen molar-refractivity contribution in [3.63, 3.8) is 0 Å². The Morgan fingerprint density at radius 1 is 1.37 bits per heavy atom. The zero-order valence-electron chi connectivity index (χ0n) is 10.8. The van der Waals surface area contributed by atoms with Gasteiger partial charge in [-0.3, -0.25) is 4.79 Å². The molecule has 0 radical (unpaired) electrons. The van der Waals surface area contributed by atoms with Crippen molar-refractivity contribution in [2.75, 3.05) is 5.32 Å². The van der Waals surface area contributed by atoms with Crippen molar-refractivity contribution in [2.45, 2.75) is 32.1 Å². The Morgan fingerprint density at radius 2 is 2.05 bits per heavy atom. The second-order valence-electron chi connectivity index (χ2n) is 4.62. The van der Waals surface area contributed by atoms with Gasteiger partial charge in [-0.2, -0.15) is 0 Å². The minimum atomic E-state index is -0.583. The van der Waals surface area contributed by atoms with Gasteiger partial charge in [0, 0.05) is 5.02 Å². The van der Waals surface area contributed by atoms with Crippen LogP contribution < -0.4 is 5.32 Å². The number of amides is 1. The molecule has 1 atom stereocenters. The second kappa shape index (κ2) is 5.65. The van der Waals surface area contributed by atoms with Crippen LogP contribution >= 0.6 is 34.5 Å². The molecular formula is C13H14Cl2N2OS. The van der Waals surface area contributed by atoms with Crippen LogP contribution in [0.5, 0.6) is 0 Å². The lowest BCUT2D eigenvalue weighted by atomic mass is 10.0. The summed E-state index contributed by atoms with van der Waals surface area (Å²) < 4.78 is 0.966. The highest BCUT2D eigenvalue weighted by Gasteiger charge is 2.15. The van der Waals surface area contributed by atoms with Crippen LogP contribution in [-0.2, 0) is 4.79 Å². The predicted molar refractivity (Wildman–Crippen MR) is 82.7 cm³/mol. The third-order valence-corrected chi connectivity index (χ3v) is 4.04. The molecule has 0 saturated heterocycles. The van der Waals surface area contributed by atoms with Gasteiger partial charge in [0.15, 0.2) is 5.13 Å². The standard InChI is InChI=1S/C13H14Cl2N2OS/c1-6(2)9-4-8(15)5-10-11(9)16-13(19-10)17-12(18)7(3)14/h4-7H,1-3H3,(H,16,17,18)/t7-/m1/s1. The Balaban J connectivity index is 2.45. The number of nitrogens with zero attached hydrogens (tertiary/aromatic N) is 1. The number of alkyl halides is 1. The van der Waals surface area contributed by atoms with E-state index in [9.17, 15) is 4.79 Å². The zero-order chi connectivity index (χ0) is 14.2. The molecule has 0 spiro atoms. The van der Waals surface area contributed by atoms with Crippen LogP contribution in [0.15, 0.2) is 12.1 Å². The number of nitrogens with one attached hydrogen (secondary N) is 1. The lowest BCUT2D eigenvalue weighted by Crippen LogP contribution is -2.20. The number of fused-ring (bicyclic) bond motifs is 1. The number of aromatic nitrogens is 1. The van der Waals surface area contributed by atoms with Crippen molar-refractivity contribution >= 4 is 55.8 Å². The van der Waals surface area contributed by atoms with Crippen molar-refractivity contribution in [1.29, 1.82) is 0 Å². The smallest absolute Gasteiger partial charge is 0.243 e. The topological polar surface area (TPSA) is 42.0 Å². The molecule has 6 heteroatoms.